The normalized spacial score (nSPS) is 26.5. The lowest BCUT2D eigenvalue weighted by Crippen LogP contribution is -2.19. The van der Waals surface area contributed by atoms with Crippen molar-refractivity contribution >= 4 is 50.0 Å². The predicted molar refractivity (Wildman–Crippen MR) is 89.1 cm³/mol. The van der Waals surface area contributed by atoms with Crippen molar-refractivity contribution in [2.75, 3.05) is 18.5 Å². The van der Waals surface area contributed by atoms with Gasteiger partial charge in [-0.3, -0.25) is 4.79 Å². The maximum Gasteiger partial charge on any atom is 0.229 e. The van der Waals surface area contributed by atoms with Gasteiger partial charge in [0.15, 0.2) is 0 Å². The van der Waals surface area contributed by atoms with Crippen LogP contribution in [0, 0.1) is 11.3 Å². The highest BCUT2D eigenvalue weighted by Gasteiger charge is 2.59. The largest absolute Gasteiger partial charge is 0.381 e. The number of amides is 1. The molecule has 4 rings (SSSR count). The first-order chi connectivity index (χ1) is 10.6. The Kier molecular flexibility index (Phi) is 3.40. The lowest BCUT2D eigenvalue weighted by Gasteiger charge is -2.08. The van der Waals surface area contributed by atoms with Gasteiger partial charge >= 0.3 is 0 Å². The van der Waals surface area contributed by atoms with Crippen LogP contribution in [0.4, 0.5) is 5.82 Å². The van der Waals surface area contributed by atoms with Crippen LogP contribution in [0.5, 0.6) is 0 Å². The van der Waals surface area contributed by atoms with Crippen LogP contribution in [0.1, 0.15) is 12.8 Å². The van der Waals surface area contributed by atoms with E-state index in [4.69, 9.17) is 16.3 Å². The molecule has 22 heavy (non-hydrogen) atoms. The van der Waals surface area contributed by atoms with Crippen LogP contribution in [0.2, 0.25) is 5.02 Å². The first-order valence-corrected chi connectivity index (χ1v) is 8.38. The zero-order chi connectivity index (χ0) is 15.3. The average molecular weight is 382 g/mol. The molecule has 2 aromatic rings. The molecule has 0 radical (unpaired) electrons. The molecule has 1 saturated heterocycles. The second-order valence-electron chi connectivity index (χ2n) is 6.09. The fourth-order valence-corrected chi connectivity index (χ4v) is 3.73. The van der Waals surface area contributed by atoms with E-state index in [0.29, 0.717) is 17.4 Å². The van der Waals surface area contributed by atoms with Crippen LogP contribution in [-0.2, 0) is 9.53 Å². The Morgan fingerprint density at radius 3 is 3.05 bits per heavy atom. The molecule has 1 aromatic carbocycles. The molecule has 1 amide bonds. The molecule has 1 saturated carbocycles. The van der Waals surface area contributed by atoms with Gasteiger partial charge in [0.1, 0.15) is 5.82 Å². The maximum absolute atomic E-state index is 12.4. The molecule has 2 fully saturated rings. The van der Waals surface area contributed by atoms with Crippen molar-refractivity contribution in [2.24, 2.45) is 11.3 Å². The smallest absolute Gasteiger partial charge is 0.229 e. The van der Waals surface area contributed by atoms with Crippen molar-refractivity contribution in [3.63, 3.8) is 0 Å². The molecule has 1 aromatic heterocycles. The number of carbonyl (C=O) groups excluding carboxylic acids is 1. The van der Waals surface area contributed by atoms with E-state index in [1.54, 1.807) is 6.20 Å². The third kappa shape index (κ3) is 2.41. The van der Waals surface area contributed by atoms with Crippen LogP contribution in [0.3, 0.4) is 0 Å². The minimum atomic E-state index is 0.0466. The number of ether oxygens (including phenoxy) is 1. The summed E-state index contributed by atoms with van der Waals surface area (Å²) in [5.74, 6) is 0.683. The molecule has 0 unspecified atom stereocenters. The van der Waals surface area contributed by atoms with Gasteiger partial charge in [0, 0.05) is 34.0 Å². The van der Waals surface area contributed by atoms with Crippen molar-refractivity contribution in [1.29, 1.82) is 0 Å². The summed E-state index contributed by atoms with van der Waals surface area (Å²) in [6, 6.07) is 5.65. The molecule has 1 spiro atoms. The zero-order valence-corrected chi connectivity index (χ0v) is 14.1. The number of pyridine rings is 1. The minimum absolute atomic E-state index is 0.0466. The first kappa shape index (κ1) is 14.4. The third-order valence-corrected chi connectivity index (χ3v) is 5.85. The second-order valence-corrected chi connectivity index (χ2v) is 7.36. The standard InChI is InChI=1S/C16H14BrClN2O2/c17-12-3-9-5-14(19-7-10(9)4-13(12)18)20-15(21)11-6-16(11)1-2-22-8-16/h3-5,7,11H,1-2,6,8H2,(H,19,20,21)/t11-,16-/m0/s1. The summed E-state index contributed by atoms with van der Waals surface area (Å²) >= 11 is 9.49. The van der Waals surface area contributed by atoms with E-state index in [9.17, 15) is 4.79 Å². The maximum atomic E-state index is 12.4. The zero-order valence-electron chi connectivity index (χ0n) is 11.7. The van der Waals surface area contributed by atoms with Gasteiger partial charge in [0.2, 0.25) is 5.91 Å². The molecular weight excluding hydrogens is 368 g/mol. The molecule has 1 aliphatic carbocycles. The van der Waals surface area contributed by atoms with E-state index >= 15 is 0 Å². The Morgan fingerprint density at radius 1 is 1.41 bits per heavy atom. The van der Waals surface area contributed by atoms with E-state index in [2.05, 4.69) is 26.2 Å². The minimum Gasteiger partial charge on any atom is -0.381 e. The number of aromatic nitrogens is 1. The number of nitrogens with zero attached hydrogens (tertiary/aromatic N) is 1. The predicted octanol–water partition coefficient (Wildman–Crippen LogP) is 4.02. The highest BCUT2D eigenvalue weighted by Crippen LogP contribution is 2.58. The average Bonchev–Trinajstić information content (AvgIpc) is 2.98. The van der Waals surface area contributed by atoms with Gasteiger partial charge in [-0.1, -0.05) is 11.6 Å². The van der Waals surface area contributed by atoms with Crippen molar-refractivity contribution in [3.8, 4) is 0 Å². The summed E-state index contributed by atoms with van der Waals surface area (Å²) < 4.78 is 6.25. The van der Waals surface area contributed by atoms with Gasteiger partial charge in [-0.15, -0.1) is 0 Å². The van der Waals surface area contributed by atoms with E-state index < -0.39 is 0 Å². The number of hydrogen-bond acceptors (Lipinski definition) is 3. The van der Waals surface area contributed by atoms with Crippen molar-refractivity contribution in [3.05, 3.63) is 33.9 Å². The second kappa shape index (κ2) is 5.18. The Hall–Kier alpha value is -1.17. The molecule has 1 aliphatic heterocycles. The molecule has 6 heteroatoms. The van der Waals surface area contributed by atoms with Crippen molar-refractivity contribution in [1.82, 2.24) is 4.98 Å². The Balaban J connectivity index is 1.54. The van der Waals surface area contributed by atoms with Crippen molar-refractivity contribution < 1.29 is 9.53 Å². The number of rotatable bonds is 2. The topological polar surface area (TPSA) is 51.2 Å². The van der Waals surface area contributed by atoms with Gasteiger partial charge in [0.05, 0.1) is 11.6 Å². The fourth-order valence-electron chi connectivity index (χ4n) is 3.20. The first-order valence-electron chi connectivity index (χ1n) is 7.21. The third-order valence-electron chi connectivity index (χ3n) is 4.65. The monoisotopic (exact) mass is 380 g/mol. The van der Waals surface area contributed by atoms with Crippen molar-refractivity contribution in [2.45, 2.75) is 12.8 Å². The Bertz CT molecular complexity index is 774. The fraction of sp³-hybridized carbons (Fsp3) is 0.375. The molecule has 4 nitrogen and oxygen atoms in total. The molecule has 2 heterocycles. The van der Waals surface area contributed by atoms with E-state index in [1.165, 1.54) is 0 Å². The summed E-state index contributed by atoms with van der Waals surface area (Å²) in [5, 5.41) is 5.50. The van der Waals surface area contributed by atoms with E-state index in [0.717, 1.165) is 34.7 Å². The van der Waals surface area contributed by atoms with Gasteiger partial charge in [-0.2, -0.15) is 0 Å². The highest BCUT2D eigenvalue weighted by molar-refractivity contribution is 9.10. The summed E-state index contributed by atoms with van der Waals surface area (Å²) in [5.41, 5.74) is 0.0947. The Morgan fingerprint density at radius 2 is 2.27 bits per heavy atom. The molecule has 114 valence electrons. The number of benzene rings is 1. The SMILES string of the molecule is O=C(Nc1cc2cc(Br)c(Cl)cc2cn1)[C@@H]1C[C@]12CCOC2. The van der Waals surface area contributed by atoms with Crippen LogP contribution >= 0.6 is 27.5 Å². The Labute approximate surface area is 141 Å². The van der Waals surface area contributed by atoms with Gasteiger partial charge in [-0.05, 0) is 52.4 Å². The summed E-state index contributed by atoms with van der Waals surface area (Å²) in [6.45, 7) is 1.48. The summed E-state index contributed by atoms with van der Waals surface area (Å²) in [7, 11) is 0. The van der Waals surface area contributed by atoms with Crippen LogP contribution in [0.15, 0.2) is 28.9 Å². The molecule has 2 atom stereocenters. The number of carbonyl (C=O) groups is 1. The van der Waals surface area contributed by atoms with E-state index in [1.807, 2.05) is 18.2 Å². The molecular formula is C16H14BrClN2O2. The van der Waals surface area contributed by atoms with Gasteiger partial charge < -0.3 is 10.1 Å². The highest BCUT2D eigenvalue weighted by atomic mass is 79.9. The van der Waals surface area contributed by atoms with Gasteiger partial charge in [0.25, 0.3) is 0 Å². The van der Waals surface area contributed by atoms with Crippen LogP contribution in [0.25, 0.3) is 10.8 Å². The quantitative estimate of drug-likeness (QED) is 0.855. The molecule has 0 bridgehead atoms. The molecule has 2 aliphatic rings. The molecule has 1 N–H and O–H groups in total. The number of halogens is 2. The summed E-state index contributed by atoms with van der Waals surface area (Å²) in [6.07, 6.45) is 3.64. The lowest BCUT2D eigenvalue weighted by atomic mass is 10.0. The number of fused-ring (bicyclic) bond motifs is 1. The van der Waals surface area contributed by atoms with Crippen LogP contribution < -0.4 is 5.32 Å². The number of anilines is 1. The van der Waals surface area contributed by atoms with E-state index in [-0.39, 0.29) is 17.2 Å². The van der Waals surface area contributed by atoms with Gasteiger partial charge in [-0.25, -0.2) is 4.98 Å². The lowest BCUT2D eigenvalue weighted by molar-refractivity contribution is -0.118. The summed E-state index contributed by atoms with van der Waals surface area (Å²) in [4.78, 5) is 16.7. The number of hydrogen-bond donors (Lipinski definition) is 1. The number of nitrogens with one attached hydrogen (secondary N) is 1. The van der Waals surface area contributed by atoms with Crippen LogP contribution in [-0.4, -0.2) is 24.1 Å².